The van der Waals surface area contributed by atoms with Crippen LogP contribution in [-0.2, 0) is 15.9 Å². The summed E-state index contributed by atoms with van der Waals surface area (Å²) in [6, 6.07) is 19.4. The lowest BCUT2D eigenvalue weighted by molar-refractivity contribution is -0.162. The number of carboxylic acid groups (broad SMARTS) is 1. The highest BCUT2D eigenvalue weighted by Gasteiger charge is 2.16. The number of fused-ring (bicyclic) bond motifs is 1. The van der Waals surface area contributed by atoms with Gasteiger partial charge in [-0.1, -0.05) is 48.5 Å². The number of aromatic amines is 1. The molecule has 1 atom stereocenters. The van der Waals surface area contributed by atoms with Crippen molar-refractivity contribution >= 4 is 16.9 Å². The Bertz CT molecular complexity index is 1400. The molecule has 0 radical (unpaired) electrons. The number of nitrogens with zero attached hydrogens (tertiary/aromatic N) is 1. The number of pyridine rings is 2. The number of aromatic nitrogens is 2. The monoisotopic (exact) mass is 484 g/mol. The number of carbonyl (C=O) groups is 1. The van der Waals surface area contributed by atoms with Gasteiger partial charge in [-0.3, -0.25) is 4.79 Å². The van der Waals surface area contributed by atoms with Gasteiger partial charge in [0.05, 0.1) is 28.8 Å². The summed E-state index contributed by atoms with van der Waals surface area (Å²) in [6.07, 6.45) is 6.64. The summed E-state index contributed by atoms with van der Waals surface area (Å²) in [6.45, 7) is 1.51. The molecule has 1 aliphatic heterocycles. The van der Waals surface area contributed by atoms with Crippen LogP contribution < -0.4 is 5.56 Å². The molecule has 1 saturated heterocycles. The second-order valence-electron chi connectivity index (χ2n) is 8.97. The first kappa shape index (κ1) is 23.9. The van der Waals surface area contributed by atoms with Crippen LogP contribution in [0.25, 0.3) is 33.3 Å². The number of rotatable bonds is 8. The van der Waals surface area contributed by atoms with Crippen molar-refractivity contribution in [1.29, 1.82) is 0 Å². The molecule has 7 nitrogen and oxygen atoms in total. The van der Waals surface area contributed by atoms with Crippen molar-refractivity contribution in [1.82, 2.24) is 9.97 Å². The molecular formula is C29H28N2O5. The number of carboxylic acids is 1. The molecule has 7 heteroatoms. The van der Waals surface area contributed by atoms with Crippen molar-refractivity contribution in [3.05, 3.63) is 88.3 Å². The third kappa shape index (κ3) is 5.37. The molecular weight excluding hydrogens is 456 g/mol. The zero-order valence-corrected chi connectivity index (χ0v) is 19.9. The second-order valence-corrected chi connectivity index (χ2v) is 8.97. The molecule has 0 amide bonds. The summed E-state index contributed by atoms with van der Waals surface area (Å²) < 4.78 is 11.4. The highest BCUT2D eigenvalue weighted by molar-refractivity contribution is 6.03. The molecule has 4 aromatic rings. The number of nitrogens with one attached hydrogen (secondary N) is 1. The van der Waals surface area contributed by atoms with Crippen LogP contribution in [0.3, 0.4) is 0 Å². The maximum atomic E-state index is 12.1. The van der Waals surface area contributed by atoms with Crippen LogP contribution in [0, 0.1) is 0 Å². The van der Waals surface area contributed by atoms with Gasteiger partial charge in [0.25, 0.3) is 5.56 Å². The van der Waals surface area contributed by atoms with E-state index in [9.17, 15) is 14.7 Å². The molecule has 2 N–H and O–H groups in total. The lowest BCUT2D eigenvalue weighted by atomic mass is 9.99. The average Bonchev–Trinajstić information content (AvgIpc) is 2.92. The summed E-state index contributed by atoms with van der Waals surface area (Å²) in [5, 5.41) is 9.71. The van der Waals surface area contributed by atoms with Gasteiger partial charge in [-0.25, -0.2) is 9.78 Å². The van der Waals surface area contributed by atoms with Crippen LogP contribution in [0.2, 0.25) is 0 Å². The highest BCUT2D eigenvalue weighted by Crippen LogP contribution is 2.27. The Morgan fingerprint density at radius 1 is 1.03 bits per heavy atom. The van der Waals surface area contributed by atoms with Crippen LogP contribution in [-0.4, -0.2) is 40.5 Å². The molecule has 3 heterocycles. The van der Waals surface area contributed by atoms with Crippen LogP contribution in [0.15, 0.2) is 71.7 Å². The van der Waals surface area contributed by atoms with E-state index in [1.165, 1.54) is 24.2 Å². The largest absolute Gasteiger partial charge is 0.478 e. The number of hydrogen-bond donors (Lipinski definition) is 2. The van der Waals surface area contributed by atoms with E-state index in [0.717, 1.165) is 49.0 Å². The maximum Gasteiger partial charge on any atom is 0.336 e. The van der Waals surface area contributed by atoms with E-state index in [0.29, 0.717) is 17.8 Å². The fraction of sp³-hybridized carbons (Fsp3) is 0.276. The molecule has 36 heavy (non-hydrogen) atoms. The van der Waals surface area contributed by atoms with Crippen molar-refractivity contribution in [2.75, 3.05) is 13.2 Å². The zero-order chi connectivity index (χ0) is 24.9. The van der Waals surface area contributed by atoms with E-state index in [-0.39, 0.29) is 17.2 Å². The van der Waals surface area contributed by atoms with Crippen molar-refractivity contribution in [3.8, 4) is 22.4 Å². The average molecular weight is 485 g/mol. The molecule has 0 saturated carbocycles. The minimum atomic E-state index is -1.16. The minimum Gasteiger partial charge on any atom is -0.478 e. The number of H-pyrrole nitrogens is 1. The van der Waals surface area contributed by atoms with Crippen LogP contribution in [0.4, 0.5) is 0 Å². The SMILES string of the molecule is O=C(O)c1cc(-c2ccc(-c3ccc(CCCOC4CCCCO4)cc3)cc2)nc2cc[nH]c(=O)c12. The topological polar surface area (TPSA) is 102 Å². The van der Waals surface area contributed by atoms with E-state index < -0.39 is 11.5 Å². The Balaban J connectivity index is 1.26. The predicted molar refractivity (Wildman–Crippen MR) is 138 cm³/mol. The Morgan fingerprint density at radius 2 is 1.75 bits per heavy atom. The smallest absolute Gasteiger partial charge is 0.336 e. The lowest BCUT2D eigenvalue weighted by Gasteiger charge is -2.22. The van der Waals surface area contributed by atoms with Gasteiger partial charge in [-0.15, -0.1) is 0 Å². The van der Waals surface area contributed by atoms with Crippen LogP contribution in [0.1, 0.15) is 41.6 Å². The van der Waals surface area contributed by atoms with E-state index in [1.807, 2.05) is 24.3 Å². The van der Waals surface area contributed by atoms with Gasteiger partial charge in [0, 0.05) is 18.4 Å². The zero-order valence-electron chi connectivity index (χ0n) is 19.9. The maximum absolute atomic E-state index is 12.1. The second kappa shape index (κ2) is 10.8. The first-order valence-corrected chi connectivity index (χ1v) is 12.3. The third-order valence-corrected chi connectivity index (χ3v) is 6.48. The molecule has 184 valence electrons. The summed E-state index contributed by atoms with van der Waals surface area (Å²) in [5.74, 6) is -1.16. The van der Waals surface area contributed by atoms with Gasteiger partial charge in [0.2, 0.25) is 0 Å². The minimum absolute atomic E-state index is 0.0349. The molecule has 1 aliphatic rings. The van der Waals surface area contributed by atoms with E-state index >= 15 is 0 Å². The molecule has 1 unspecified atom stereocenters. The molecule has 0 aliphatic carbocycles. The van der Waals surface area contributed by atoms with Gasteiger partial charge in [-0.2, -0.15) is 0 Å². The molecule has 1 fully saturated rings. The number of aromatic carboxylic acids is 1. The first-order chi connectivity index (χ1) is 17.6. The van der Waals surface area contributed by atoms with Crippen molar-refractivity contribution in [2.24, 2.45) is 0 Å². The molecule has 0 spiro atoms. The van der Waals surface area contributed by atoms with Gasteiger partial charge < -0.3 is 19.6 Å². The Morgan fingerprint density at radius 3 is 2.44 bits per heavy atom. The van der Waals surface area contributed by atoms with Gasteiger partial charge in [-0.05, 0) is 60.9 Å². The standard InChI is InChI=1S/C29H28N2O5/c32-28-27-23(29(33)34)18-25(31-24(27)14-15-30-28)22-12-10-21(11-13-22)20-8-6-19(7-9-20)4-3-17-36-26-5-1-2-16-35-26/h6-15,18,26H,1-5,16-17H2,(H,30,32)(H,33,34). The predicted octanol–water partition coefficient (Wildman–Crippen LogP) is 5.43. The number of ether oxygens (including phenoxy) is 2. The van der Waals surface area contributed by atoms with Crippen molar-refractivity contribution in [3.63, 3.8) is 0 Å². The van der Waals surface area contributed by atoms with Crippen LogP contribution >= 0.6 is 0 Å². The number of aryl methyl sites for hydroxylation is 1. The van der Waals surface area contributed by atoms with Gasteiger partial charge in [0.15, 0.2) is 6.29 Å². The summed E-state index contributed by atoms with van der Waals surface area (Å²) in [4.78, 5) is 31.0. The third-order valence-electron chi connectivity index (χ3n) is 6.48. The summed E-state index contributed by atoms with van der Waals surface area (Å²) >= 11 is 0. The number of benzene rings is 2. The van der Waals surface area contributed by atoms with E-state index in [4.69, 9.17) is 9.47 Å². The van der Waals surface area contributed by atoms with Crippen molar-refractivity contribution < 1.29 is 19.4 Å². The Hall–Kier alpha value is -3.81. The van der Waals surface area contributed by atoms with Gasteiger partial charge in [0.1, 0.15) is 0 Å². The quantitative estimate of drug-likeness (QED) is 0.323. The first-order valence-electron chi connectivity index (χ1n) is 12.3. The molecule has 2 aromatic heterocycles. The van der Waals surface area contributed by atoms with E-state index in [2.05, 4.69) is 34.2 Å². The summed E-state index contributed by atoms with van der Waals surface area (Å²) in [5.41, 5.74) is 4.53. The summed E-state index contributed by atoms with van der Waals surface area (Å²) in [7, 11) is 0. The van der Waals surface area contributed by atoms with Crippen molar-refractivity contribution in [2.45, 2.75) is 38.4 Å². The normalized spacial score (nSPS) is 15.7. The van der Waals surface area contributed by atoms with Crippen LogP contribution in [0.5, 0.6) is 0 Å². The fourth-order valence-electron chi connectivity index (χ4n) is 4.54. The van der Waals surface area contributed by atoms with Gasteiger partial charge >= 0.3 is 5.97 Å². The highest BCUT2D eigenvalue weighted by atomic mass is 16.7. The fourth-order valence-corrected chi connectivity index (χ4v) is 4.54. The molecule has 0 bridgehead atoms. The molecule has 5 rings (SSSR count). The number of hydrogen-bond acceptors (Lipinski definition) is 5. The molecule has 2 aromatic carbocycles. The Labute approximate surface area is 208 Å². The van der Waals surface area contributed by atoms with E-state index in [1.54, 1.807) is 6.07 Å². The lowest BCUT2D eigenvalue weighted by Crippen LogP contribution is -2.22. The Kier molecular flexibility index (Phi) is 7.21.